The number of benzene rings is 2. The Kier molecular flexibility index (Phi) is 5.66. The van der Waals surface area contributed by atoms with Crippen molar-refractivity contribution >= 4 is 33.3 Å². The summed E-state index contributed by atoms with van der Waals surface area (Å²) in [4.78, 5) is 24.2. The van der Waals surface area contributed by atoms with Gasteiger partial charge in [0.25, 0.3) is 5.91 Å². The fourth-order valence-electron chi connectivity index (χ4n) is 2.27. The van der Waals surface area contributed by atoms with E-state index in [1.54, 1.807) is 38.1 Å². The van der Waals surface area contributed by atoms with E-state index >= 15 is 0 Å². The first-order chi connectivity index (χ1) is 12.1. The minimum atomic E-state index is -3.46. The third-order valence-electron chi connectivity index (χ3n) is 3.70. The Hall–Kier alpha value is -2.87. The fourth-order valence-corrected chi connectivity index (χ4v) is 2.89. The highest BCUT2D eigenvalue weighted by atomic mass is 32.2. The molecule has 26 heavy (non-hydrogen) atoms. The minimum Gasteiger partial charge on any atom is -0.465 e. The second kappa shape index (κ2) is 7.57. The van der Waals surface area contributed by atoms with E-state index in [9.17, 15) is 18.0 Å². The molecule has 138 valence electrons. The van der Waals surface area contributed by atoms with Gasteiger partial charge in [0.2, 0.25) is 10.0 Å². The molecule has 0 saturated carbocycles. The van der Waals surface area contributed by atoms with E-state index in [4.69, 9.17) is 0 Å². The van der Waals surface area contributed by atoms with Gasteiger partial charge in [-0.15, -0.1) is 0 Å². The number of hydrogen-bond donors (Lipinski definition) is 2. The molecule has 7 nitrogen and oxygen atoms in total. The maximum absolute atomic E-state index is 12.5. The second-order valence-electron chi connectivity index (χ2n) is 5.88. The average molecular weight is 376 g/mol. The Labute approximate surface area is 152 Å². The van der Waals surface area contributed by atoms with Crippen LogP contribution in [0.3, 0.4) is 0 Å². The lowest BCUT2D eigenvalue weighted by molar-refractivity contribution is 0.0600. The van der Waals surface area contributed by atoms with Crippen LogP contribution in [0.25, 0.3) is 0 Å². The fraction of sp³-hybridized carbons (Fsp3) is 0.222. The highest BCUT2D eigenvalue weighted by Crippen LogP contribution is 2.21. The lowest BCUT2D eigenvalue weighted by atomic mass is 10.1. The second-order valence-corrected chi connectivity index (χ2v) is 7.63. The number of hydrogen-bond acceptors (Lipinski definition) is 5. The summed E-state index contributed by atoms with van der Waals surface area (Å²) in [6, 6.07) is 9.55. The van der Waals surface area contributed by atoms with Crippen molar-refractivity contribution in [1.29, 1.82) is 0 Å². The number of anilines is 2. The average Bonchev–Trinajstić information content (AvgIpc) is 2.56. The van der Waals surface area contributed by atoms with E-state index in [-0.39, 0.29) is 5.56 Å². The van der Waals surface area contributed by atoms with Crippen molar-refractivity contribution in [2.75, 3.05) is 23.4 Å². The van der Waals surface area contributed by atoms with Gasteiger partial charge in [-0.2, -0.15) is 0 Å². The van der Waals surface area contributed by atoms with Gasteiger partial charge in [0, 0.05) is 11.3 Å². The van der Waals surface area contributed by atoms with E-state index in [1.807, 2.05) is 0 Å². The number of carbonyl (C=O) groups is 2. The van der Waals surface area contributed by atoms with Crippen LogP contribution in [0.4, 0.5) is 11.4 Å². The Morgan fingerprint density at radius 3 is 2.04 bits per heavy atom. The molecule has 2 aromatic carbocycles. The Morgan fingerprint density at radius 2 is 1.46 bits per heavy atom. The van der Waals surface area contributed by atoms with Gasteiger partial charge in [0.15, 0.2) is 0 Å². The summed E-state index contributed by atoms with van der Waals surface area (Å²) in [5.74, 6) is -0.929. The zero-order chi connectivity index (χ0) is 19.5. The molecule has 0 bridgehead atoms. The number of esters is 1. The van der Waals surface area contributed by atoms with E-state index in [0.29, 0.717) is 22.5 Å². The van der Waals surface area contributed by atoms with Crippen LogP contribution >= 0.6 is 0 Å². The molecular weight excluding hydrogens is 356 g/mol. The number of nitrogens with one attached hydrogen (secondary N) is 2. The molecule has 1 amide bonds. The maximum Gasteiger partial charge on any atom is 0.337 e. The molecule has 0 atom stereocenters. The number of ether oxygens (including phenoxy) is 1. The Morgan fingerprint density at radius 1 is 0.923 bits per heavy atom. The van der Waals surface area contributed by atoms with Crippen LogP contribution in [0.15, 0.2) is 36.4 Å². The molecular formula is C18H20N2O5S. The molecule has 0 fully saturated rings. The number of methoxy groups -OCH3 is 1. The standard InChI is InChI=1S/C18H20N2O5S/c1-11-6-8-14(18(22)25-3)10-15(11)19-17(21)13-7-5-12(2)16(9-13)20-26(4,23)24/h5-10,20H,1-4H3,(H,19,21). The van der Waals surface area contributed by atoms with Crippen LogP contribution in [0.5, 0.6) is 0 Å². The molecule has 0 spiro atoms. The molecule has 2 aromatic rings. The Balaban J connectivity index is 2.31. The molecule has 0 aliphatic rings. The number of rotatable bonds is 5. The maximum atomic E-state index is 12.5. The van der Waals surface area contributed by atoms with Crippen molar-refractivity contribution in [1.82, 2.24) is 0 Å². The zero-order valence-corrected chi connectivity index (χ0v) is 15.7. The van der Waals surface area contributed by atoms with Gasteiger partial charge in [-0.1, -0.05) is 12.1 Å². The molecule has 2 rings (SSSR count). The predicted molar refractivity (Wildman–Crippen MR) is 100 cm³/mol. The number of carbonyl (C=O) groups excluding carboxylic acids is 2. The third-order valence-corrected chi connectivity index (χ3v) is 4.29. The third kappa shape index (κ3) is 4.82. The molecule has 0 saturated heterocycles. The summed E-state index contributed by atoms with van der Waals surface area (Å²) in [6.07, 6.45) is 1.04. The first-order valence-electron chi connectivity index (χ1n) is 7.69. The minimum absolute atomic E-state index is 0.282. The predicted octanol–water partition coefficient (Wildman–Crippen LogP) is 2.71. The van der Waals surface area contributed by atoms with Crippen molar-refractivity contribution in [3.63, 3.8) is 0 Å². The number of amides is 1. The van der Waals surface area contributed by atoms with E-state index < -0.39 is 21.9 Å². The largest absolute Gasteiger partial charge is 0.465 e. The Bertz CT molecular complexity index is 968. The van der Waals surface area contributed by atoms with Gasteiger partial charge < -0.3 is 10.1 Å². The van der Waals surface area contributed by atoms with Gasteiger partial charge in [-0.3, -0.25) is 9.52 Å². The van der Waals surface area contributed by atoms with Gasteiger partial charge in [-0.05, 0) is 49.2 Å². The molecule has 0 unspecified atom stereocenters. The van der Waals surface area contributed by atoms with Crippen LogP contribution in [0.2, 0.25) is 0 Å². The molecule has 0 radical (unpaired) electrons. The highest BCUT2D eigenvalue weighted by molar-refractivity contribution is 7.92. The van der Waals surface area contributed by atoms with Crippen molar-refractivity contribution in [3.05, 3.63) is 58.7 Å². The van der Waals surface area contributed by atoms with Crippen LogP contribution < -0.4 is 10.0 Å². The molecule has 2 N–H and O–H groups in total. The number of sulfonamides is 1. The summed E-state index contributed by atoms with van der Waals surface area (Å²) in [7, 11) is -2.18. The normalized spacial score (nSPS) is 10.9. The first kappa shape index (κ1) is 19.5. The molecule has 0 heterocycles. The molecule has 0 aromatic heterocycles. The van der Waals surface area contributed by atoms with Crippen LogP contribution in [0, 0.1) is 13.8 Å². The molecule has 0 aliphatic carbocycles. The van der Waals surface area contributed by atoms with E-state index in [0.717, 1.165) is 11.8 Å². The zero-order valence-electron chi connectivity index (χ0n) is 14.9. The summed E-state index contributed by atoms with van der Waals surface area (Å²) < 4.78 is 29.9. The highest BCUT2D eigenvalue weighted by Gasteiger charge is 2.14. The van der Waals surface area contributed by atoms with Crippen molar-refractivity contribution in [2.45, 2.75) is 13.8 Å². The lowest BCUT2D eigenvalue weighted by Gasteiger charge is -2.12. The molecule has 8 heteroatoms. The lowest BCUT2D eigenvalue weighted by Crippen LogP contribution is -2.15. The van der Waals surface area contributed by atoms with Crippen LogP contribution in [-0.4, -0.2) is 33.7 Å². The topological polar surface area (TPSA) is 102 Å². The number of aryl methyl sites for hydroxylation is 2. The summed E-state index contributed by atoms with van der Waals surface area (Å²) in [5, 5.41) is 2.73. The van der Waals surface area contributed by atoms with Crippen LogP contribution in [0.1, 0.15) is 31.8 Å². The quantitative estimate of drug-likeness (QED) is 0.781. The van der Waals surface area contributed by atoms with Crippen molar-refractivity contribution < 1.29 is 22.7 Å². The first-order valence-corrected chi connectivity index (χ1v) is 9.58. The van der Waals surface area contributed by atoms with E-state index in [1.165, 1.54) is 19.2 Å². The summed E-state index contributed by atoms with van der Waals surface area (Å²) >= 11 is 0. The smallest absolute Gasteiger partial charge is 0.337 e. The summed E-state index contributed by atoms with van der Waals surface area (Å²) in [6.45, 7) is 3.53. The van der Waals surface area contributed by atoms with Gasteiger partial charge in [-0.25, -0.2) is 13.2 Å². The van der Waals surface area contributed by atoms with Crippen LogP contribution in [-0.2, 0) is 14.8 Å². The molecule has 0 aliphatic heterocycles. The SMILES string of the molecule is COC(=O)c1ccc(C)c(NC(=O)c2ccc(C)c(NS(C)(=O)=O)c2)c1. The van der Waals surface area contributed by atoms with Gasteiger partial charge in [0.1, 0.15) is 0 Å². The van der Waals surface area contributed by atoms with E-state index in [2.05, 4.69) is 14.8 Å². The van der Waals surface area contributed by atoms with Crippen molar-refractivity contribution in [3.8, 4) is 0 Å². The monoisotopic (exact) mass is 376 g/mol. The van der Waals surface area contributed by atoms with Gasteiger partial charge >= 0.3 is 5.97 Å². The van der Waals surface area contributed by atoms with Gasteiger partial charge in [0.05, 0.1) is 24.6 Å². The summed E-state index contributed by atoms with van der Waals surface area (Å²) in [5.41, 5.74) is 2.86. The van der Waals surface area contributed by atoms with Crippen molar-refractivity contribution in [2.24, 2.45) is 0 Å².